The Bertz CT molecular complexity index is 989. The highest BCUT2D eigenvalue weighted by molar-refractivity contribution is 9.10. The van der Waals surface area contributed by atoms with Crippen LogP contribution in [0.15, 0.2) is 34.8 Å². The van der Waals surface area contributed by atoms with Crippen molar-refractivity contribution in [2.45, 2.75) is 19.3 Å². The van der Waals surface area contributed by atoms with E-state index in [0.717, 1.165) is 12.8 Å². The quantitative estimate of drug-likeness (QED) is 0.660. The summed E-state index contributed by atoms with van der Waals surface area (Å²) in [6, 6.07) is 6.89. The molecule has 4 rings (SSSR count). The number of benzene rings is 2. The first-order chi connectivity index (χ1) is 14.4. The van der Waals surface area contributed by atoms with E-state index in [4.69, 9.17) is 9.47 Å². The van der Waals surface area contributed by atoms with Gasteiger partial charge in [-0.1, -0.05) is 0 Å². The fourth-order valence-corrected chi connectivity index (χ4v) is 4.20. The zero-order valence-electron chi connectivity index (χ0n) is 16.1. The number of ether oxygens (including phenoxy) is 2. The van der Waals surface area contributed by atoms with Gasteiger partial charge in [0.15, 0.2) is 5.78 Å². The maximum absolute atomic E-state index is 14.5. The van der Waals surface area contributed by atoms with Crippen LogP contribution in [0.5, 0.6) is 11.5 Å². The zero-order chi connectivity index (χ0) is 21.3. The number of carbonyl (C=O) groups is 2. The second-order valence-electron chi connectivity index (χ2n) is 7.57. The normalized spacial score (nSPS) is 16.8. The summed E-state index contributed by atoms with van der Waals surface area (Å²) < 4.78 is 39.2. The Balaban J connectivity index is 1.35. The Kier molecular flexibility index (Phi) is 6.04. The van der Waals surface area contributed by atoms with Gasteiger partial charge in [-0.3, -0.25) is 9.59 Å². The lowest BCUT2D eigenvalue weighted by Crippen LogP contribution is -2.40. The van der Waals surface area contributed by atoms with Crippen molar-refractivity contribution in [2.75, 3.05) is 26.3 Å². The van der Waals surface area contributed by atoms with E-state index in [1.54, 1.807) is 11.0 Å². The molecule has 0 atom stereocenters. The fraction of sp³-hybridized carbons (Fsp3) is 0.364. The molecule has 0 aromatic heterocycles. The standard InChI is InChI=1S/C22H20BrF2NO4/c23-18-9-15(24)1-2-20(18)29-11-13-3-5-26(6-4-13)22(28)17-8-14-7-16(27)12-30-21(14)10-19(17)25/h1-2,8-10,13H,3-7,11-12H2. The van der Waals surface area contributed by atoms with Crippen LogP contribution in [0, 0.1) is 17.6 Å². The predicted octanol–water partition coefficient (Wildman–Crippen LogP) is 4.16. The molecule has 1 fully saturated rings. The molecular weight excluding hydrogens is 460 g/mol. The van der Waals surface area contributed by atoms with Crippen molar-refractivity contribution in [2.24, 2.45) is 5.92 Å². The maximum Gasteiger partial charge on any atom is 0.256 e. The average Bonchev–Trinajstić information content (AvgIpc) is 2.73. The number of carbonyl (C=O) groups excluding carboxylic acids is 2. The number of piperidine rings is 1. The highest BCUT2D eigenvalue weighted by atomic mass is 79.9. The number of fused-ring (bicyclic) bond motifs is 1. The number of Topliss-reactive ketones (excluding diaryl/α,β-unsaturated/α-hetero) is 1. The molecule has 0 bridgehead atoms. The number of amides is 1. The van der Waals surface area contributed by atoms with E-state index >= 15 is 0 Å². The van der Waals surface area contributed by atoms with E-state index in [1.165, 1.54) is 24.3 Å². The van der Waals surface area contributed by atoms with Crippen LogP contribution in [0.25, 0.3) is 0 Å². The average molecular weight is 480 g/mol. The van der Waals surface area contributed by atoms with Crippen LogP contribution in [-0.2, 0) is 11.2 Å². The van der Waals surface area contributed by atoms with Crippen LogP contribution in [0.3, 0.4) is 0 Å². The molecule has 0 N–H and O–H groups in total. The van der Waals surface area contributed by atoms with E-state index < -0.39 is 5.82 Å². The van der Waals surface area contributed by atoms with E-state index in [1.807, 2.05) is 0 Å². The first-order valence-electron chi connectivity index (χ1n) is 9.74. The molecule has 8 heteroatoms. The molecule has 0 radical (unpaired) electrons. The van der Waals surface area contributed by atoms with Crippen molar-refractivity contribution in [1.29, 1.82) is 0 Å². The van der Waals surface area contributed by atoms with Gasteiger partial charge in [-0.15, -0.1) is 0 Å². The lowest BCUT2D eigenvalue weighted by Gasteiger charge is -2.32. The van der Waals surface area contributed by atoms with Crippen molar-refractivity contribution in [3.8, 4) is 11.5 Å². The van der Waals surface area contributed by atoms with Gasteiger partial charge in [-0.2, -0.15) is 0 Å². The number of hydrogen-bond donors (Lipinski definition) is 0. The number of likely N-dealkylation sites (tertiary alicyclic amines) is 1. The van der Waals surface area contributed by atoms with Crippen molar-refractivity contribution in [3.63, 3.8) is 0 Å². The molecule has 2 aromatic rings. The van der Waals surface area contributed by atoms with Gasteiger partial charge < -0.3 is 14.4 Å². The zero-order valence-corrected chi connectivity index (χ0v) is 17.7. The largest absolute Gasteiger partial charge is 0.492 e. The first kappa shape index (κ1) is 20.8. The van der Waals surface area contributed by atoms with Gasteiger partial charge in [-0.05, 0) is 59.0 Å². The molecule has 30 heavy (non-hydrogen) atoms. The SMILES string of the molecule is O=C1COc2cc(F)c(C(=O)N3CCC(COc4ccc(F)cc4Br)CC3)cc2C1. The molecule has 2 aliphatic rings. The van der Waals surface area contributed by atoms with Gasteiger partial charge in [0, 0.05) is 31.1 Å². The van der Waals surface area contributed by atoms with E-state index in [-0.39, 0.29) is 42.0 Å². The summed E-state index contributed by atoms with van der Waals surface area (Å²) in [6.07, 6.45) is 1.59. The third-order valence-corrected chi connectivity index (χ3v) is 6.05. The fourth-order valence-electron chi connectivity index (χ4n) is 3.73. The molecular formula is C22H20BrF2NO4. The molecule has 0 aliphatic carbocycles. The molecule has 158 valence electrons. The van der Waals surface area contributed by atoms with Gasteiger partial charge in [0.1, 0.15) is 29.7 Å². The number of hydrogen-bond acceptors (Lipinski definition) is 4. The minimum absolute atomic E-state index is 0.0306. The van der Waals surface area contributed by atoms with Gasteiger partial charge >= 0.3 is 0 Å². The summed E-state index contributed by atoms with van der Waals surface area (Å²) >= 11 is 3.28. The predicted molar refractivity (Wildman–Crippen MR) is 109 cm³/mol. The molecule has 2 aromatic carbocycles. The number of nitrogens with zero attached hydrogens (tertiary/aromatic N) is 1. The molecule has 2 aliphatic heterocycles. The van der Waals surface area contributed by atoms with Crippen LogP contribution >= 0.6 is 15.9 Å². The van der Waals surface area contributed by atoms with Gasteiger partial charge in [0.25, 0.3) is 5.91 Å². The minimum atomic E-state index is -0.639. The van der Waals surface area contributed by atoms with E-state index in [2.05, 4.69) is 15.9 Å². The Morgan fingerprint density at radius 2 is 1.97 bits per heavy atom. The highest BCUT2D eigenvalue weighted by Crippen LogP contribution is 2.30. The summed E-state index contributed by atoms with van der Waals surface area (Å²) in [6.45, 7) is 1.37. The van der Waals surface area contributed by atoms with Gasteiger partial charge in [-0.25, -0.2) is 8.78 Å². The third kappa shape index (κ3) is 4.48. The van der Waals surface area contributed by atoms with Crippen molar-refractivity contribution in [1.82, 2.24) is 4.90 Å². The lowest BCUT2D eigenvalue weighted by molar-refractivity contribution is -0.121. The summed E-state index contributed by atoms with van der Waals surface area (Å²) in [5, 5.41) is 0. The van der Waals surface area contributed by atoms with Gasteiger partial charge in [0.2, 0.25) is 0 Å². The Hall–Kier alpha value is -2.48. The lowest BCUT2D eigenvalue weighted by atomic mass is 9.96. The van der Waals surface area contributed by atoms with Crippen LogP contribution in [0.2, 0.25) is 0 Å². The minimum Gasteiger partial charge on any atom is -0.492 e. The van der Waals surface area contributed by atoms with Crippen molar-refractivity contribution < 1.29 is 27.8 Å². The highest BCUT2D eigenvalue weighted by Gasteiger charge is 2.28. The molecule has 1 saturated heterocycles. The smallest absolute Gasteiger partial charge is 0.256 e. The van der Waals surface area contributed by atoms with Crippen LogP contribution in [-0.4, -0.2) is 42.9 Å². The summed E-state index contributed by atoms with van der Waals surface area (Å²) in [7, 11) is 0. The Morgan fingerprint density at radius 1 is 1.20 bits per heavy atom. The van der Waals surface area contributed by atoms with Crippen molar-refractivity contribution >= 4 is 27.6 Å². The van der Waals surface area contributed by atoms with E-state index in [9.17, 15) is 18.4 Å². The van der Waals surface area contributed by atoms with Crippen LogP contribution < -0.4 is 9.47 Å². The Labute approximate surface area is 181 Å². The topological polar surface area (TPSA) is 55.8 Å². The molecule has 0 saturated carbocycles. The van der Waals surface area contributed by atoms with Crippen LogP contribution in [0.1, 0.15) is 28.8 Å². The summed E-state index contributed by atoms with van der Waals surface area (Å²) in [5.41, 5.74) is 0.515. The summed E-state index contributed by atoms with van der Waals surface area (Å²) in [4.78, 5) is 26.0. The Morgan fingerprint density at radius 3 is 2.70 bits per heavy atom. The van der Waals surface area contributed by atoms with Crippen molar-refractivity contribution in [3.05, 3.63) is 57.6 Å². The molecule has 1 amide bonds. The van der Waals surface area contributed by atoms with E-state index in [0.29, 0.717) is 41.2 Å². The monoisotopic (exact) mass is 479 g/mol. The molecule has 2 heterocycles. The molecule has 5 nitrogen and oxygen atoms in total. The second kappa shape index (κ2) is 8.71. The number of halogens is 3. The maximum atomic E-state index is 14.5. The second-order valence-corrected chi connectivity index (χ2v) is 8.42. The molecule has 0 unspecified atom stereocenters. The van der Waals surface area contributed by atoms with Gasteiger partial charge in [0.05, 0.1) is 16.6 Å². The summed E-state index contributed by atoms with van der Waals surface area (Å²) in [5.74, 6) is -0.319. The van der Waals surface area contributed by atoms with Crippen LogP contribution in [0.4, 0.5) is 8.78 Å². The third-order valence-electron chi connectivity index (χ3n) is 5.43. The molecule has 0 spiro atoms. The first-order valence-corrected chi connectivity index (χ1v) is 10.5. The number of ketones is 1. The number of rotatable bonds is 4.